The van der Waals surface area contributed by atoms with Crippen LogP contribution in [0.3, 0.4) is 0 Å². The number of fused-ring (bicyclic) bond motifs is 2. The second-order valence-corrected chi connectivity index (χ2v) is 9.55. The Hall–Kier alpha value is -4.13. The molecule has 1 amide bonds. The van der Waals surface area contributed by atoms with E-state index in [9.17, 15) is 4.79 Å². The molecule has 1 aliphatic carbocycles. The van der Waals surface area contributed by atoms with Crippen molar-refractivity contribution in [2.45, 2.75) is 31.2 Å². The van der Waals surface area contributed by atoms with Gasteiger partial charge in [-0.1, -0.05) is 24.3 Å². The molecule has 7 nitrogen and oxygen atoms in total. The lowest BCUT2D eigenvalue weighted by Gasteiger charge is -2.24. The highest BCUT2D eigenvalue weighted by atomic mass is 16.2. The predicted molar refractivity (Wildman–Crippen MR) is 139 cm³/mol. The van der Waals surface area contributed by atoms with Crippen molar-refractivity contribution in [3.63, 3.8) is 0 Å². The summed E-state index contributed by atoms with van der Waals surface area (Å²) in [6, 6.07) is 22.0. The molecule has 1 aromatic heterocycles. The SMILES string of the molecule is Cn1c(CNc2ccc(C(=N)N)cc2)nc2cc(C3(C(=O)N4CCc5ccccc54)CC3)ccc21. The van der Waals surface area contributed by atoms with Crippen LogP contribution in [0, 0.1) is 5.41 Å². The van der Waals surface area contributed by atoms with E-state index in [-0.39, 0.29) is 11.7 Å². The summed E-state index contributed by atoms with van der Waals surface area (Å²) >= 11 is 0. The summed E-state index contributed by atoms with van der Waals surface area (Å²) in [5, 5.41) is 10.9. The van der Waals surface area contributed by atoms with E-state index in [1.165, 1.54) is 5.56 Å². The summed E-state index contributed by atoms with van der Waals surface area (Å²) in [5.41, 5.74) is 12.1. The summed E-state index contributed by atoms with van der Waals surface area (Å²) in [6.07, 6.45) is 2.69. The Morgan fingerprint density at radius 3 is 2.63 bits per heavy atom. The maximum absolute atomic E-state index is 13.7. The molecule has 3 aromatic carbocycles. The molecular formula is C28H28N6O. The molecule has 1 aliphatic heterocycles. The van der Waals surface area contributed by atoms with Crippen LogP contribution in [0.25, 0.3) is 11.0 Å². The molecule has 4 aromatic rings. The Labute approximate surface area is 204 Å². The van der Waals surface area contributed by atoms with E-state index in [0.717, 1.165) is 59.6 Å². The van der Waals surface area contributed by atoms with Gasteiger partial charge in [0.1, 0.15) is 11.7 Å². The van der Waals surface area contributed by atoms with Crippen molar-refractivity contribution < 1.29 is 4.79 Å². The molecule has 0 unspecified atom stereocenters. The van der Waals surface area contributed by atoms with Gasteiger partial charge in [0.15, 0.2) is 0 Å². The van der Waals surface area contributed by atoms with Gasteiger partial charge in [-0.3, -0.25) is 10.2 Å². The molecule has 0 saturated heterocycles. The summed E-state index contributed by atoms with van der Waals surface area (Å²) in [4.78, 5) is 20.6. The first-order valence-corrected chi connectivity index (χ1v) is 12.0. The van der Waals surface area contributed by atoms with E-state index in [2.05, 4.69) is 40.2 Å². The second kappa shape index (κ2) is 7.98. The minimum Gasteiger partial charge on any atom is -0.384 e. The fraction of sp³-hybridized carbons (Fsp3) is 0.250. The first-order valence-electron chi connectivity index (χ1n) is 12.0. The average Bonchev–Trinajstić information content (AvgIpc) is 3.48. The van der Waals surface area contributed by atoms with Crippen LogP contribution in [0.2, 0.25) is 0 Å². The fourth-order valence-corrected chi connectivity index (χ4v) is 5.21. The molecule has 7 heteroatoms. The van der Waals surface area contributed by atoms with Gasteiger partial charge in [0.2, 0.25) is 5.91 Å². The fourth-order valence-electron chi connectivity index (χ4n) is 5.21. The third-order valence-electron chi connectivity index (χ3n) is 7.46. The first-order chi connectivity index (χ1) is 17.0. The maximum atomic E-state index is 13.7. The normalized spacial score (nSPS) is 15.7. The van der Waals surface area contributed by atoms with Crippen molar-refractivity contribution in [2.24, 2.45) is 12.8 Å². The van der Waals surface area contributed by atoms with Gasteiger partial charge < -0.3 is 20.5 Å². The monoisotopic (exact) mass is 464 g/mol. The second-order valence-electron chi connectivity index (χ2n) is 9.55. The van der Waals surface area contributed by atoms with Crippen molar-refractivity contribution in [1.82, 2.24) is 9.55 Å². The van der Waals surface area contributed by atoms with Crippen LogP contribution >= 0.6 is 0 Å². The van der Waals surface area contributed by atoms with Gasteiger partial charge in [-0.2, -0.15) is 0 Å². The summed E-state index contributed by atoms with van der Waals surface area (Å²) in [7, 11) is 2.02. The Kier molecular flexibility index (Phi) is 4.88. The number of benzene rings is 3. The molecule has 0 spiro atoms. The molecule has 0 bridgehead atoms. The Balaban J connectivity index is 1.24. The Morgan fingerprint density at radius 2 is 1.89 bits per heavy atom. The molecule has 0 atom stereocenters. The first kappa shape index (κ1) is 21.4. The lowest BCUT2D eigenvalue weighted by Crippen LogP contribution is -2.38. The molecule has 1 fully saturated rings. The number of carbonyl (C=O) groups excluding carboxylic acids is 1. The quantitative estimate of drug-likeness (QED) is 0.296. The number of aromatic nitrogens is 2. The van der Waals surface area contributed by atoms with E-state index >= 15 is 0 Å². The lowest BCUT2D eigenvalue weighted by molar-refractivity contribution is -0.120. The number of nitrogens with zero attached hydrogens (tertiary/aromatic N) is 3. The minimum absolute atomic E-state index is 0.0589. The van der Waals surface area contributed by atoms with Crippen molar-refractivity contribution in [2.75, 3.05) is 16.8 Å². The zero-order chi connectivity index (χ0) is 24.2. The third-order valence-corrected chi connectivity index (χ3v) is 7.46. The smallest absolute Gasteiger partial charge is 0.237 e. The number of imidazole rings is 1. The van der Waals surface area contributed by atoms with Gasteiger partial charge in [-0.25, -0.2) is 4.98 Å². The highest BCUT2D eigenvalue weighted by Gasteiger charge is 2.54. The summed E-state index contributed by atoms with van der Waals surface area (Å²) < 4.78 is 2.09. The number of anilines is 2. The van der Waals surface area contributed by atoms with E-state index < -0.39 is 5.41 Å². The van der Waals surface area contributed by atoms with Crippen molar-refractivity contribution in [3.8, 4) is 0 Å². The number of nitrogen functional groups attached to an aromatic ring is 1. The van der Waals surface area contributed by atoms with E-state index in [0.29, 0.717) is 12.1 Å². The number of carbonyl (C=O) groups is 1. The van der Waals surface area contributed by atoms with Crippen LogP contribution < -0.4 is 16.0 Å². The van der Waals surface area contributed by atoms with Gasteiger partial charge in [-0.15, -0.1) is 0 Å². The van der Waals surface area contributed by atoms with Gasteiger partial charge in [0.05, 0.1) is 23.0 Å². The van der Waals surface area contributed by atoms with Crippen LogP contribution in [0.5, 0.6) is 0 Å². The zero-order valence-corrected chi connectivity index (χ0v) is 19.7. The van der Waals surface area contributed by atoms with Crippen molar-refractivity contribution in [1.29, 1.82) is 5.41 Å². The number of nitrogens with two attached hydrogens (primary N) is 1. The number of amides is 1. The number of nitrogens with one attached hydrogen (secondary N) is 2. The number of aryl methyl sites for hydroxylation is 1. The number of para-hydroxylation sites is 1. The molecular weight excluding hydrogens is 436 g/mol. The van der Waals surface area contributed by atoms with Crippen LogP contribution in [0.1, 0.15) is 35.4 Å². The number of amidine groups is 1. The summed E-state index contributed by atoms with van der Waals surface area (Å²) in [6.45, 7) is 1.32. The topological polar surface area (TPSA) is 100 Å². The van der Waals surface area contributed by atoms with Crippen LogP contribution in [-0.4, -0.2) is 27.8 Å². The molecule has 35 heavy (non-hydrogen) atoms. The number of hydrogen-bond donors (Lipinski definition) is 3. The maximum Gasteiger partial charge on any atom is 0.237 e. The zero-order valence-electron chi connectivity index (χ0n) is 19.7. The molecule has 2 heterocycles. The molecule has 1 saturated carbocycles. The van der Waals surface area contributed by atoms with Gasteiger partial charge >= 0.3 is 0 Å². The van der Waals surface area contributed by atoms with E-state index in [1.807, 2.05) is 48.3 Å². The van der Waals surface area contributed by atoms with Crippen molar-refractivity contribution >= 4 is 34.2 Å². The van der Waals surface area contributed by atoms with E-state index in [4.69, 9.17) is 16.1 Å². The number of rotatable bonds is 6. The molecule has 2 aliphatic rings. The largest absolute Gasteiger partial charge is 0.384 e. The average molecular weight is 465 g/mol. The Morgan fingerprint density at radius 1 is 1.11 bits per heavy atom. The van der Waals surface area contributed by atoms with Gasteiger partial charge in [0, 0.05) is 30.5 Å². The highest BCUT2D eigenvalue weighted by molar-refractivity contribution is 6.05. The van der Waals surface area contributed by atoms with Gasteiger partial charge in [0.25, 0.3) is 0 Å². The lowest BCUT2D eigenvalue weighted by atomic mass is 9.93. The minimum atomic E-state index is -0.431. The molecule has 6 rings (SSSR count). The van der Waals surface area contributed by atoms with E-state index in [1.54, 1.807) is 0 Å². The Bertz CT molecular complexity index is 1460. The highest BCUT2D eigenvalue weighted by Crippen LogP contribution is 2.51. The molecule has 176 valence electrons. The molecule has 0 radical (unpaired) electrons. The van der Waals surface area contributed by atoms with Crippen LogP contribution in [0.15, 0.2) is 66.7 Å². The standard InChI is InChI=1S/C28H28N6O/c1-33-24-11-8-20(28(13-14-28)27(35)34-15-12-18-4-2-3-5-23(18)34)16-22(24)32-25(33)17-31-21-9-6-19(7-10-21)26(29)30/h2-11,16,31H,12-15,17H2,1H3,(H3,29,30). The molecule has 4 N–H and O–H groups in total. The van der Waals surface area contributed by atoms with Gasteiger partial charge in [-0.05, 0) is 72.9 Å². The third kappa shape index (κ3) is 3.55. The van der Waals surface area contributed by atoms with Crippen LogP contribution in [0.4, 0.5) is 11.4 Å². The van der Waals surface area contributed by atoms with Crippen LogP contribution in [-0.2, 0) is 30.2 Å². The predicted octanol–water partition coefficient (Wildman–Crippen LogP) is 4.09. The summed E-state index contributed by atoms with van der Waals surface area (Å²) in [5.74, 6) is 1.19. The van der Waals surface area contributed by atoms with Crippen molar-refractivity contribution in [3.05, 3.63) is 89.2 Å². The number of hydrogen-bond acceptors (Lipinski definition) is 4.